The van der Waals surface area contributed by atoms with Gasteiger partial charge in [0.1, 0.15) is 23.0 Å². The van der Waals surface area contributed by atoms with Crippen LogP contribution in [0.2, 0.25) is 0 Å². The first-order valence-corrected chi connectivity index (χ1v) is 14.5. The van der Waals surface area contributed by atoms with E-state index in [-0.39, 0.29) is 41.8 Å². The molecule has 47 heavy (non-hydrogen) atoms. The second-order valence-electron chi connectivity index (χ2n) is 10.6. The maximum Gasteiger partial charge on any atom is 0.335 e. The molecule has 246 valence electrons. The van der Waals surface area contributed by atoms with Gasteiger partial charge >= 0.3 is 23.9 Å². The zero-order chi connectivity index (χ0) is 34.7. The molecule has 11 heteroatoms. The Morgan fingerprint density at radius 3 is 1.40 bits per heavy atom. The van der Waals surface area contributed by atoms with Gasteiger partial charge in [-0.15, -0.1) is 0 Å². The Bertz CT molecular complexity index is 1650. The summed E-state index contributed by atoms with van der Waals surface area (Å²) in [5.74, 6) is -3.13. The molecule has 0 spiro atoms. The van der Waals surface area contributed by atoms with Crippen molar-refractivity contribution in [1.29, 1.82) is 0 Å². The van der Waals surface area contributed by atoms with Gasteiger partial charge in [-0.25, -0.2) is 9.59 Å². The Kier molecular flexibility index (Phi) is 12.6. The van der Waals surface area contributed by atoms with Gasteiger partial charge in [-0.3, -0.25) is 14.4 Å². The summed E-state index contributed by atoms with van der Waals surface area (Å²) in [5.41, 5.74) is 1.83. The predicted octanol–water partition coefficient (Wildman–Crippen LogP) is 6.22. The van der Waals surface area contributed by atoms with Gasteiger partial charge in [-0.1, -0.05) is 37.4 Å². The van der Waals surface area contributed by atoms with Crippen molar-refractivity contribution in [3.8, 4) is 23.0 Å². The SMILES string of the molecule is C=C(C)C(=O)OCOc1ccc(C(C)C(=O)Oc2ccc(OC(=O)C(C)c3ccc(OCOC(=O)C(=C)C)cc3)c(C(C)=O)c2)cc1. The number of esters is 4. The predicted molar refractivity (Wildman–Crippen MR) is 170 cm³/mol. The van der Waals surface area contributed by atoms with E-state index >= 15 is 0 Å². The quantitative estimate of drug-likeness (QED) is 0.0612. The van der Waals surface area contributed by atoms with E-state index in [9.17, 15) is 24.0 Å². The van der Waals surface area contributed by atoms with Crippen molar-refractivity contribution in [3.63, 3.8) is 0 Å². The average Bonchev–Trinajstić information content (AvgIpc) is 3.04. The first kappa shape index (κ1) is 35.8. The van der Waals surface area contributed by atoms with Crippen molar-refractivity contribution in [2.75, 3.05) is 13.6 Å². The van der Waals surface area contributed by atoms with Crippen LogP contribution in [0.4, 0.5) is 0 Å². The monoisotopic (exact) mass is 644 g/mol. The Morgan fingerprint density at radius 2 is 1.00 bits per heavy atom. The molecule has 0 amide bonds. The zero-order valence-corrected chi connectivity index (χ0v) is 26.8. The third-order valence-electron chi connectivity index (χ3n) is 6.75. The van der Waals surface area contributed by atoms with Crippen molar-refractivity contribution in [3.05, 3.63) is 108 Å². The maximum atomic E-state index is 13.0. The molecule has 0 saturated heterocycles. The minimum absolute atomic E-state index is 0.0194. The summed E-state index contributed by atoms with van der Waals surface area (Å²) in [6, 6.07) is 17.3. The number of hydrogen-bond donors (Lipinski definition) is 0. The van der Waals surface area contributed by atoms with Crippen LogP contribution < -0.4 is 18.9 Å². The van der Waals surface area contributed by atoms with Crippen molar-refractivity contribution in [2.45, 2.75) is 46.5 Å². The third-order valence-corrected chi connectivity index (χ3v) is 6.75. The van der Waals surface area contributed by atoms with Gasteiger partial charge in [0, 0.05) is 11.1 Å². The summed E-state index contributed by atoms with van der Waals surface area (Å²) < 4.78 is 31.6. The molecule has 0 N–H and O–H groups in total. The van der Waals surface area contributed by atoms with E-state index in [2.05, 4.69) is 13.2 Å². The summed E-state index contributed by atoms with van der Waals surface area (Å²) in [6.45, 7) is 14.1. The maximum absolute atomic E-state index is 13.0. The summed E-state index contributed by atoms with van der Waals surface area (Å²) in [5, 5.41) is 0. The van der Waals surface area contributed by atoms with Gasteiger partial charge in [-0.05, 0) is 88.2 Å². The highest BCUT2D eigenvalue weighted by Gasteiger charge is 2.23. The van der Waals surface area contributed by atoms with Crippen LogP contribution in [0.25, 0.3) is 0 Å². The molecule has 0 radical (unpaired) electrons. The molecule has 0 bridgehead atoms. The highest BCUT2D eigenvalue weighted by atomic mass is 16.7. The fourth-order valence-electron chi connectivity index (χ4n) is 3.86. The van der Waals surface area contributed by atoms with Crippen LogP contribution in [0.1, 0.15) is 67.9 Å². The Hall–Kier alpha value is -5.71. The molecule has 0 aliphatic heterocycles. The average molecular weight is 645 g/mol. The van der Waals surface area contributed by atoms with Crippen LogP contribution in [0, 0.1) is 0 Å². The van der Waals surface area contributed by atoms with E-state index in [0.717, 1.165) is 0 Å². The number of ether oxygens (including phenoxy) is 6. The molecule has 0 fully saturated rings. The van der Waals surface area contributed by atoms with Gasteiger partial charge in [0.25, 0.3) is 0 Å². The van der Waals surface area contributed by atoms with Crippen LogP contribution in [-0.2, 0) is 28.7 Å². The van der Waals surface area contributed by atoms with Crippen molar-refractivity contribution in [1.82, 2.24) is 0 Å². The molecule has 2 unspecified atom stereocenters. The van der Waals surface area contributed by atoms with Gasteiger partial charge in [0.2, 0.25) is 13.6 Å². The second-order valence-corrected chi connectivity index (χ2v) is 10.6. The summed E-state index contributed by atoms with van der Waals surface area (Å²) in [4.78, 5) is 61.3. The number of ketones is 1. The number of carbonyl (C=O) groups excluding carboxylic acids is 5. The number of benzene rings is 3. The summed E-state index contributed by atoms with van der Waals surface area (Å²) in [7, 11) is 0. The molecule has 0 aromatic heterocycles. The van der Waals surface area contributed by atoms with E-state index in [1.807, 2.05) is 0 Å². The van der Waals surface area contributed by atoms with Crippen molar-refractivity contribution in [2.24, 2.45) is 0 Å². The molecule has 2 atom stereocenters. The van der Waals surface area contributed by atoms with Gasteiger partial charge < -0.3 is 28.4 Å². The standard InChI is InChI=1S/C36H36O11/c1-21(2)33(38)44-19-42-28-12-8-26(9-13-28)23(5)35(40)46-30-16-17-32(31(18-30)25(7)37)47-36(41)24(6)27-10-14-29(15-11-27)43-20-45-34(39)22(3)4/h8-18,23-24H,1,3,19-20H2,2,4-7H3. The molecular formula is C36H36O11. The van der Waals surface area contributed by atoms with Crippen LogP contribution in [-0.4, -0.2) is 43.2 Å². The Labute approximate surface area is 272 Å². The smallest absolute Gasteiger partial charge is 0.335 e. The lowest BCUT2D eigenvalue weighted by Gasteiger charge is -2.16. The molecule has 3 aromatic carbocycles. The Balaban J connectivity index is 1.59. The summed E-state index contributed by atoms with van der Waals surface area (Å²) in [6.07, 6.45) is 0. The third kappa shape index (κ3) is 10.4. The molecular weight excluding hydrogens is 608 g/mol. The highest BCUT2D eigenvalue weighted by molar-refractivity contribution is 5.98. The van der Waals surface area contributed by atoms with E-state index in [1.54, 1.807) is 62.4 Å². The largest absolute Gasteiger partial charge is 0.457 e. The number of hydrogen-bond acceptors (Lipinski definition) is 11. The topological polar surface area (TPSA) is 141 Å². The lowest BCUT2D eigenvalue weighted by molar-refractivity contribution is -0.146. The first-order chi connectivity index (χ1) is 22.3. The van der Waals surface area contributed by atoms with Crippen LogP contribution in [0.5, 0.6) is 23.0 Å². The molecule has 3 rings (SSSR count). The van der Waals surface area contributed by atoms with E-state index in [1.165, 1.54) is 39.0 Å². The first-order valence-electron chi connectivity index (χ1n) is 14.5. The normalized spacial score (nSPS) is 11.7. The molecule has 0 aliphatic carbocycles. The number of rotatable bonds is 15. The lowest BCUT2D eigenvalue weighted by Crippen LogP contribution is -2.18. The van der Waals surface area contributed by atoms with E-state index in [4.69, 9.17) is 28.4 Å². The molecule has 0 saturated carbocycles. The fourth-order valence-corrected chi connectivity index (χ4v) is 3.86. The molecule has 3 aromatic rings. The molecule has 11 nitrogen and oxygen atoms in total. The van der Waals surface area contributed by atoms with Crippen LogP contribution in [0.15, 0.2) is 91.0 Å². The highest BCUT2D eigenvalue weighted by Crippen LogP contribution is 2.29. The van der Waals surface area contributed by atoms with Crippen LogP contribution in [0.3, 0.4) is 0 Å². The minimum atomic E-state index is -0.702. The van der Waals surface area contributed by atoms with Gasteiger partial charge in [-0.2, -0.15) is 0 Å². The van der Waals surface area contributed by atoms with E-state index < -0.39 is 41.5 Å². The van der Waals surface area contributed by atoms with Crippen molar-refractivity contribution >= 4 is 29.7 Å². The van der Waals surface area contributed by atoms with E-state index in [0.29, 0.717) is 22.6 Å². The zero-order valence-electron chi connectivity index (χ0n) is 26.8. The minimum Gasteiger partial charge on any atom is -0.457 e. The fraction of sp³-hybridized carbons (Fsp3) is 0.250. The van der Waals surface area contributed by atoms with Crippen molar-refractivity contribution < 1.29 is 52.4 Å². The van der Waals surface area contributed by atoms with Gasteiger partial charge in [0.15, 0.2) is 5.78 Å². The Morgan fingerprint density at radius 1 is 0.596 bits per heavy atom. The van der Waals surface area contributed by atoms with Gasteiger partial charge in [0.05, 0.1) is 17.4 Å². The molecule has 0 aliphatic rings. The van der Waals surface area contributed by atoms with Crippen LogP contribution >= 0.6 is 0 Å². The summed E-state index contributed by atoms with van der Waals surface area (Å²) >= 11 is 0. The lowest BCUT2D eigenvalue weighted by atomic mass is 10.0. The number of carbonyl (C=O) groups is 5. The molecule has 0 heterocycles. The second kappa shape index (κ2) is 16.6. The number of Topliss-reactive ketones (excluding diaryl/α,β-unsaturated/α-hetero) is 1.